The first kappa shape index (κ1) is 25.7. The summed E-state index contributed by atoms with van der Waals surface area (Å²) in [6, 6.07) is 22.4. The zero-order valence-electron chi connectivity index (χ0n) is 19.2. The molecule has 6 nitrogen and oxygen atoms in total. The van der Waals surface area contributed by atoms with Crippen LogP contribution in [0.25, 0.3) is 0 Å². The molecule has 0 bridgehead atoms. The maximum absolute atomic E-state index is 13.2. The van der Waals surface area contributed by atoms with Crippen LogP contribution in [-0.2, 0) is 27.7 Å². The van der Waals surface area contributed by atoms with E-state index in [1.807, 2.05) is 67.6 Å². The van der Waals surface area contributed by atoms with Crippen LogP contribution in [0.1, 0.15) is 24.5 Å². The van der Waals surface area contributed by atoms with Gasteiger partial charge in [0.15, 0.2) is 0 Å². The predicted octanol–water partition coefficient (Wildman–Crippen LogP) is 4.38. The minimum absolute atomic E-state index is 0.0405. The highest BCUT2D eigenvalue weighted by atomic mass is 35.5. The summed E-state index contributed by atoms with van der Waals surface area (Å²) in [7, 11) is -2.56. The molecule has 0 saturated heterocycles. The number of hydrogen-bond acceptors (Lipinski definition) is 4. The van der Waals surface area contributed by atoms with E-state index in [9.17, 15) is 13.2 Å². The Labute approximate surface area is 206 Å². The molecule has 0 radical (unpaired) electrons. The fraction of sp³-hybridized carbons (Fsp3) is 0.269. The monoisotopic (exact) mass is 500 g/mol. The average Bonchev–Trinajstić information content (AvgIpc) is 2.83. The molecule has 0 aromatic heterocycles. The topological polar surface area (TPSA) is 84.5 Å². The molecule has 0 aliphatic carbocycles. The largest absolute Gasteiger partial charge is 0.495 e. The van der Waals surface area contributed by atoms with Crippen molar-refractivity contribution in [2.45, 2.75) is 43.2 Å². The van der Waals surface area contributed by atoms with Gasteiger partial charge in [-0.3, -0.25) is 4.79 Å². The highest BCUT2D eigenvalue weighted by molar-refractivity contribution is 7.89. The molecule has 2 N–H and O–H groups in total. The van der Waals surface area contributed by atoms with Crippen LogP contribution in [0.5, 0.6) is 5.75 Å². The van der Waals surface area contributed by atoms with E-state index in [4.69, 9.17) is 16.3 Å². The van der Waals surface area contributed by atoms with Gasteiger partial charge in [0, 0.05) is 6.04 Å². The van der Waals surface area contributed by atoms with Crippen molar-refractivity contribution in [1.29, 1.82) is 0 Å². The summed E-state index contributed by atoms with van der Waals surface area (Å²) < 4.78 is 33.9. The molecular formula is C26H29ClN2O4S. The lowest BCUT2D eigenvalue weighted by Crippen LogP contribution is -2.50. The van der Waals surface area contributed by atoms with Crippen molar-refractivity contribution in [2.75, 3.05) is 7.11 Å². The highest BCUT2D eigenvalue weighted by Gasteiger charge is 2.27. The van der Waals surface area contributed by atoms with Gasteiger partial charge in [0.2, 0.25) is 15.9 Å². The Balaban J connectivity index is 1.74. The zero-order valence-corrected chi connectivity index (χ0v) is 20.8. The summed E-state index contributed by atoms with van der Waals surface area (Å²) in [6.07, 6.45) is 1.75. The van der Waals surface area contributed by atoms with E-state index in [1.165, 1.54) is 30.9 Å². The second-order valence-electron chi connectivity index (χ2n) is 8.09. The standard InChI is InChI=1S/C26H29ClN2O4S/c1-19(13-14-20-9-5-3-6-10-20)28-26(30)24(17-21-11-7-4-8-12-21)29-34(31,32)22-15-16-25(33-2)23(27)18-22/h3-12,15-16,18-19,24,29H,13-14,17H2,1-2H3,(H,28,30)/t19-,24-/m0/s1. The number of carbonyl (C=O) groups is 1. The number of sulfonamides is 1. The average molecular weight is 501 g/mol. The molecule has 2 atom stereocenters. The summed E-state index contributed by atoms with van der Waals surface area (Å²) in [5, 5.41) is 3.13. The molecular weight excluding hydrogens is 472 g/mol. The van der Waals surface area contributed by atoms with Crippen LogP contribution in [0.4, 0.5) is 0 Å². The van der Waals surface area contributed by atoms with Crippen LogP contribution < -0.4 is 14.8 Å². The van der Waals surface area contributed by atoms with Gasteiger partial charge in [0.25, 0.3) is 0 Å². The smallest absolute Gasteiger partial charge is 0.241 e. The fourth-order valence-corrected chi connectivity index (χ4v) is 5.09. The van der Waals surface area contributed by atoms with Crippen LogP contribution in [0.2, 0.25) is 5.02 Å². The molecule has 0 aliphatic rings. The number of methoxy groups -OCH3 is 1. The molecule has 0 fully saturated rings. The SMILES string of the molecule is COc1ccc(S(=O)(=O)N[C@@H](Cc2ccccc2)C(=O)N[C@@H](C)CCc2ccccc2)cc1Cl. The number of rotatable bonds is 11. The summed E-state index contributed by atoms with van der Waals surface area (Å²) in [5.41, 5.74) is 2.02. The Morgan fingerprint density at radius 3 is 2.18 bits per heavy atom. The van der Waals surface area contributed by atoms with E-state index in [0.717, 1.165) is 18.4 Å². The van der Waals surface area contributed by atoms with Gasteiger partial charge in [-0.25, -0.2) is 8.42 Å². The van der Waals surface area contributed by atoms with E-state index < -0.39 is 16.1 Å². The van der Waals surface area contributed by atoms with E-state index in [1.54, 1.807) is 0 Å². The normalized spacial score (nSPS) is 13.1. The predicted molar refractivity (Wildman–Crippen MR) is 135 cm³/mol. The van der Waals surface area contributed by atoms with Gasteiger partial charge >= 0.3 is 0 Å². The molecule has 3 aromatic rings. The second-order valence-corrected chi connectivity index (χ2v) is 10.2. The molecule has 0 spiro atoms. The van der Waals surface area contributed by atoms with Crippen molar-refractivity contribution < 1.29 is 17.9 Å². The van der Waals surface area contributed by atoms with Gasteiger partial charge < -0.3 is 10.1 Å². The summed E-state index contributed by atoms with van der Waals surface area (Å²) in [5.74, 6) is -0.0148. The third kappa shape index (κ3) is 7.32. The van der Waals surface area contributed by atoms with Crippen LogP contribution in [0.3, 0.4) is 0 Å². The number of carbonyl (C=O) groups excluding carboxylic acids is 1. The molecule has 34 heavy (non-hydrogen) atoms. The van der Waals surface area contributed by atoms with E-state index in [-0.39, 0.29) is 28.3 Å². The van der Waals surface area contributed by atoms with Crippen molar-refractivity contribution in [1.82, 2.24) is 10.0 Å². The van der Waals surface area contributed by atoms with Crippen LogP contribution in [0, 0.1) is 0 Å². The molecule has 0 heterocycles. The number of nitrogens with one attached hydrogen (secondary N) is 2. The minimum Gasteiger partial charge on any atom is -0.495 e. The van der Waals surface area contributed by atoms with E-state index >= 15 is 0 Å². The van der Waals surface area contributed by atoms with Crippen molar-refractivity contribution in [3.8, 4) is 5.75 Å². The third-order valence-electron chi connectivity index (χ3n) is 5.43. The van der Waals surface area contributed by atoms with Gasteiger partial charge in [0.1, 0.15) is 11.8 Å². The number of benzene rings is 3. The second kappa shape index (κ2) is 12.0. The van der Waals surface area contributed by atoms with Crippen molar-refractivity contribution in [3.63, 3.8) is 0 Å². The number of aryl methyl sites for hydroxylation is 1. The summed E-state index contributed by atoms with van der Waals surface area (Å²) >= 11 is 6.12. The minimum atomic E-state index is -4.01. The van der Waals surface area contributed by atoms with Crippen LogP contribution >= 0.6 is 11.6 Å². The lowest BCUT2D eigenvalue weighted by molar-refractivity contribution is -0.123. The number of hydrogen-bond donors (Lipinski definition) is 2. The highest BCUT2D eigenvalue weighted by Crippen LogP contribution is 2.27. The summed E-state index contributed by atoms with van der Waals surface area (Å²) in [6.45, 7) is 1.91. The number of ether oxygens (including phenoxy) is 1. The lowest BCUT2D eigenvalue weighted by Gasteiger charge is -2.22. The number of amides is 1. The van der Waals surface area contributed by atoms with E-state index in [0.29, 0.717) is 5.75 Å². The Morgan fingerprint density at radius 1 is 0.971 bits per heavy atom. The zero-order chi connectivity index (χ0) is 24.6. The fourth-order valence-electron chi connectivity index (χ4n) is 3.55. The molecule has 0 aliphatic heterocycles. The molecule has 0 saturated carbocycles. The van der Waals surface area contributed by atoms with Gasteiger partial charge in [-0.05, 0) is 55.5 Å². The van der Waals surface area contributed by atoms with Crippen molar-refractivity contribution in [3.05, 3.63) is 95.0 Å². The lowest BCUT2D eigenvalue weighted by atomic mass is 10.0. The summed E-state index contributed by atoms with van der Waals surface area (Å²) in [4.78, 5) is 13.1. The van der Waals surface area contributed by atoms with Gasteiger partial charge in [-0.1, -0.05) is 72.3 Å². The molecule has 8 heteroatoms. The third-order valence-corrected chi connectivity index (χ3v) is 7.19. The van der Waals surface area contributed by atoms with Gasteiger partial charge in [-0.15, -0.1) is 0 Å². The van der Waals surface area contributed by atoms with Crippen LogP contribution in [0.15, 0.2) is 83.8 Å². The Kier molecular flexibility index (Phi) is 9.10. The van der Waals surface area contributed by atoms with Crippen LogP contribution in [-0.4, -0.2) is 33.5 Å². The maximum Gasteiger partial charge on any atom is 0.241 e. The quantitative estimate of drug-likeness (QED) is 0.409. The molecule has 1 amide bonds. The van der Waals surface area contributed by atoms with Crippen molar-refractivity contribution >= 4 is 27.5 Å². The molecule has 3 rings (SSSR count). The molecule has 3 aromatic carbocycles. The van der Waals surface area contributed by atoms with Crippen molar-refractivity contribution in [2.24, 2.45) is 0 Å². The van der Waals surface area contributed by atoms with Gasteiger partial charge in [-0.2, -0.15) is 4.72 Å². The first-order valence-corrected chi connectivity index (χ1v) is 12.9. The molecule has 180 valence electrons. The van der Waals surface area contributed by atoms with Gasteiger partial charge in [0.05, 0.1) is 17.0 Å². The maximum atomic E-state index is 13.2. The molecule has 0 unspecified atom stereocenters. The Hall–Kier alpha value is -2.87. The Morgan fingerprint density at radius 2 is 1.59 bits per heavy atom. The Bertz CT molecular complexity index is 1190. The first-order chi connectivity index (χ1) is 16.3. The first-order valence-electron chi connectivity index (χ1n) is 11.0. The van der Waals surface area contributed by atoms with E-state index in [2.05, 4.69) is 10.0 Å². The number of halogens is 1.